The van der Waals surface area contributed by atoms with Crippen molar-refractivity contribution < 1.29 is 9.53 Å². The summed E-state index contributed by atoms with van der Waals surface area (Å²) < 4.78 is 6.16. The van der Waals surface area contributed by atoms with E-state index in [0.717, 1.165) is 41.2 Å². The van der Waals surface area contributed by atoms with Gasteiger partial charge >= 0.3 is 6.03 Å². The zero-order valence-corrected chi connectivity index (χ0v) is 20.4. The number of aryl methyl sites for hydroxylation is 4. The summed E-state index contributed by atoms with van der Waals surface area (Å²) in [5.41, 5.74) is 6.26. The molecule has 2 aromatic heterocycles. The van der Waals surface area contributed by atoms with E-state index in [1.165, 1.54) is 11.1 Å². The Labute approximate surface area is 205 Å². The summed E-state index contributed by atoms with van der Waals surface area (Å²) in [6, 6.07) is 16.7. The third kappa shape index (κ3) is 5.81. The summed E-state index contributed by atoms with van der Waals surface area (Å²) in [7, 11) is 0. The van der Waals surface area contributed by atoms with Gasteiger partial charge in [-0.3, -0.25) is 0 Å². The molecule has 178 valence electrons. The molecule has 0 aliphatic rings. The number of amides is 2. The average molecular weight is 468 g/mol. The summed E-state index contributed by atoms with van der Waals surface area (Å²) in [5.74, 6) is 1.87. The number of carbonyl (C=O) groups excluding carboxylic acids is 1. The standard InChI is InChI=1S/C28H29N5O2/c1-5-20-17-22(10-9-18(20)3)32-28(34)31-21-11-12-25(19(4)16-21)35-27-23(8-7-14-30-27)24-13-15-29-26(6-2)33-24/h7-17H,5-6H2,1-4H3,(H2,31,32,34). The van der Waals surface area contributed by atoms with Crippen LogP contribution in [0.25, 0.3) is 11.3 Å². The molecule has 0 bridgehead atoms. The molecule has 0 unspecified atom stereocenters. The van der Waals surface area contributed by atoms with Gasteiger partial charge < -0.3 is 15.4 Å². The molecule has 0 fully saturated rings. The quantitative estimate of drug-likeness (QED) is 0.315. The summed E-state index contributed by atoms with van der Waals surface area (Å²) in [6.45, 7) is 8.11. The molecule has 0 saturated heterocycles. The van der Waals surface area contributed by atoms with Crippen molar-refractivity contribution in [3.05, 3.63) is 89.5 Å². The van der Waals surface area contributed by atoms with E-state index in [9.17, 15) is 4.79 Å². The summed E-state index contributed by atoms with van der Waals surface area (Å²) in [4.78, 5) is 25.8. The van der Waals surface area contributed by atoms with E-state index in [4.69, 9.17) is 4.74 Å². The van der Waals surface area contributed by atoms with Crippen molar-refractivity contribution in [3.8, 4) is 22.9 Å². The van der Waals surface area contributed by atoms with Gasteiger partial charge in [-0.2, -0.15) is 0 Å². The monoisotopic (exact) mass is 467 g/mol. The Hall–Kier alpha value is -4.26. The summed E-state index contributed by atoms with van der Waals surface area (Å²) in [5, 5.41) is 5.78. The normalized spacial score (nSPS) is 10.6. The molecule has 0 atom stereocenters. The zero-order chi connectivity index (χ0) is 24.8. The summed E-state index contributed by atoms with van der Waals surface area (Å²) in [6.07, 6.45) is 5.09. The first kappa shape index (κ1) is 23.9. The van der Waals surface area contributed by atoms with Gasteiger partial charge in [0, 0.05) is 30.2 Å². The van der Waals surface area contributed by atoms with Crippen LogP contribution in [0.15, 0.2) is 67.0 Å². The molecule has 2 N–H and O–H groups in total. The van der Waals surface area contributed by atoms with Crippen molar-refractivity contribution in [1.82, 2.24) is 15.0 Å². The maximum absolute atomic E-state index is 12.5. The number of rotatable bonds is 7. The molecule has 7 heteroatoms. The van der Waals surface area contributed by atoms with Crippen LogP contribution in [-0.2, 0) is 12.8 Å². The van der Waals surface area contributed by atoms with Crippen LogP contribution in [0.1, 0.15) is 36.4 Å². The number of urea groups is 1. The van der Waals surface area contributed by atoms with E-state index in [0.29, 0.717) is 17.3 Å². The van der Waals surface area contributed by atoms with Crippen molar-refractivity contribution in [1.29, 1.82) is 0 Å². The fourth-order valence-electron chi connectivity index (χ4n) is 3.76. The molecule has 0 radical (unpaired) electrons. The van der Waals surface area contributed by atoms with Crippen LogP contribution < -0.4 is 15.4 Å². The summed E-state index contributed by atoms with van der Waals surface area (Å²) >= 11 is 0. The van der Waals surface area contributed by atoms with Crippen LogP contribution in [0.4, 0.5) is 16.2 Å². The molecule has 2 amide bonds. The number of benzene rings is 2. The number of nitrogens with one attached hydrogen (secondary N) is 2. The number of hydrogen-bond acceptors (Lipinski definition) is 5. The highest BCUT2D eigenvalue weighted by Gasteiger charge is 2.13. The largest absolute Gasteiger partial charge is 0.438 e. The highest BCUT2D eigenvalue weighted by Crippen LogP contribution is 2.32. The molecule has 7 nitrogen and oxygen atoms in total. The predicted molar refractivity (Wildman–Crippen MR) is 139 cm³/mol. The Morgan fingerprint density at radius 2 is 1.63 bits per heavy atom. The minimum Gasteiger partial charge on any atom is -0.438 e. The molecule has 2 aromatic carbocycles. The van der Waals surface area contributed by atoms with Crippen molar-refractivity contribution in [2.24, 2.45) is 0 Å². The van der Waals surface area contributed by atoms with Crippen molar-refractivity contribution in [3.63, 3.8) is 0 Å². The van der Waals surface area contributed by atoms with Gasteiger partial charge in [-0.25, -0.2) is 19.7 Å². The van der Waals surface area contributed by atoms with Crippen LogP contribution in [0.5, 0.6) is 11.6 Å². The van der Waals surface area contributed by atoms with Crippen molar-refractivity contribution in [2.75, 3.05) is 10.6 Å². The first-order chi connectivity index (χ1) is 17.0. The third-order valence-electron chi connectivity index (χ3n) is 5.70. The first-order valence-corrected chi connectivity index (χ1v) is 11.7. The Morgan fingerprint density at radius 1 is 0.857 bits per heavy atom. The average Bonchev–Trinajstić information content (AvgIpc) is 2.87. The molecule has 0 aliphatic carbocycles. The van der Waals surface area contributed by atoms with Gasteiger partial charge in [0.2, 0.25) is 5.88 Å². The second-order valence-electron chi connectivity index (χ2n) is 8.22. The Kier molecular flexibility index (Phi) is 7.35. The van der Waals surface area contributed by atoms with Gasteiger partial charge in [0.25, 0.3) is 0 Å². The topological polar surface area (TPSA) is 89.0 Å². The van der Waals surface area contributed by atoms with Gasteiger partial charge in [-0.05, 0) is 85.5 Å². The van der Waals surface area contributed by atoms with E-state index in [1.807, 2.05) is 62.4 Å². The number of hydrogen-bond donors (Lipinski definition) is 2. The van der Waals surface area contributed by atoms with Gasteiger partial charge in [0.05, 0.1) is 11.3 Å². The minimum atomic E-state index is -0.300. The molecule has 4 rings (SSSR count). The minimum absolute atomic E-state index is 0.300. The molecule has 4 aromatic rings. The molecule has 35 heavy (non-hydrogen) atoms. The molecular formula is C28H29N5O2. The SMILES string of the molecule is CCc1nccc(-c2cccnc2Oc2ccc(NC(=O)Nc3ccc(C)c(CC)c3)cc2C)n1. The molecule has 0 aliphatic heterocycles. The van der Waals surface area contributed by atoms with E-state index < -0.39 is 0 Å². The first-order valence-electron chi connectivity index (χ1n) is 11.7. The number of pyridine rings is 1. The van der Waals surface area contributed by atoms with Crippen LogP contribution in [0, 0.1) is 13.8 Å². The highest BCUT2D eigenvalue weighted by molar-refractivity contribution is 5.99. The van der Waals surface area contributed by atoms with Crippen molar-refractivity contribution >= 4 is 17.4 Å². The predicted octanol–water partition coefficient (Wildman–Crippen LogP) is 6.72. The maximum Gasteiger partial charge on any atom is 0.323 e. The van der Waals surface area contributed by atoms with Crippen LogP contribution >= 0.6 is 0 Å². The maximum atomic E-state index is 12.5. The second-order valence-corrected chi connectivity index (χ2v) is 8.22. The van der Waals surface area contributed by atoms with Crippen molar-refractivity contribution in [2.45, 2.75) is 40.5 Å². The fourth-order valence-corrected chi connectivity index (χ4v) is 3.76. The lowest BCUT2D eigenvalue weighted by Gasteiger charge is -2.14. The van der Waals surface area contributed by atoms with Gasteiger partial charge in [-0.1, -0.05) is 19.9 Å². The lowest BCUT2D eigenvalue weighted by molar-refractivity contribution is 0.262. The number of nitrogens with zero attached hydrogens (tertiary/aromatic N) is 3. The number of anilines is 2. The van der Waals surface area contributed by atoms with E-state index >= 15 is 0 Å². The second kappa shape index (κ2) is 10.8. The van der Waals surface area contributed by atoms with Gasteiger partial charge in [0.1, 0.15) is 11.6 Å². The lowest BCUT2D eigenvalue weighted by atomic mass is 10.1. The van der Waals surface area contributed by atoms with E-state index in [-0.39, 0.29) is 6.03 Å². The van der Waals surface area contributed by atoms with Crippen LogP contribution in [-0.4, -0.2) is 21.0 Å². The van der Waals surface area contributed by atoms with Gasteiger partial charge in [0.15, 0.2) is 0 Å². The molecule has 2 heterocycles. The van der Waals surface area contributed by atoms with E-state index in [1.54, 1.807) is 18.5 Å². The highest BCUT2D eigenvalue weighted by atomic mass is 16.5. The number of carbonyl (C=O) groups is 1. The lowest BCUT2D eigenvalue weighted by Crippen LogP contribution is -2.19. The fraction of sp³-hybridized carbons (Fsp3) is 0.214. The van der Waals surface area contributed by atoms with Crippen LogP contribution in [0.3, 0.4) is 0 Å². The van der Waals surface area contributed by atoms with Gasteiger partial charge in [-0.15, -0.1) is 0 Å². The molecular weight excluding hydrogens is 438 g/mol. The number of ether oxygens (including phenoxy) is 1. The Bertz CT molecular complexity index is 1350. The molecule has 0 spiro atoms. The van der Waals surface area contributed by atoms with E-state index in [2.05, 4.69) is 39.4 Å². The third-order valence-corrected chi connectivity index (χ3v) is 5.70. The number of aromatic nitrogens is 3. The Balaban J connectivity index is 1.48. The van der Waals surface area contributed by atoms with Crippen LogP contribution in [0.2, 0.25) is 0 Å². The zero-order valence-electron chi connectivity index (χ0n) is 20.4. The smallest absolute Gasteiger partial charge is 0.323 e. The molecule has 0 saturated carbocycles. The Morgan fingerprint density at radius 3 is 2.37 bits per heavy atom.